The molecule has 0 aliphatic rings. The first-order chi connectivity index (χ1) is 17.2. The van der Waals surface area contributed by atoms with Gasteiger partial charge in [0.15, 0.2) is 0 Å². The van der Waals surface area contributed by atoms with E-state index in [0.717, 1.165) is 27.2 Å². The predicted octanol–water partition coefficient (Wildman–Crippen LogP) is 3.99. The summed E-state index contributed by atoms with van der Waals surface area (Å²) < 4.78 is 38.1. The molecule has 2 heterocycles. The summed E-state index contributed by atoms with van der Waals surface area (Å²) in [5.74, 6) is 1.01. The third kappa shape index (κ3) is 4.41. The monoisotopic (exact) mass is 503 g/mol. The number of furan rings is 1. The fraction of sp³-hybridized carbons (Fsp3) is 0.0769. The van der Waals surface area contributed by atoms with E-state index in [9.17, 15) is 18.0 Å². The van der Waals surface area contributed by atoms with Crippen molar-refractivity contribution in [2.45, 2.75) is 0 Å². The van der Waals surface area contributed by atoms with Gasteiger partial charge in [0, 0.05) is 23.5 Å². The van der Waals surface area contributed by atoms with Gasteiger partial charge in [-0.1, -0.05) is 18.2 Å². The highest BCUT2D eigenvalue weighted by molar-refractivity contribution is 7.92. The molecule has 0 aliphatic carbocycles. The van der Waals surface area contributed by atoms with Crippen LogP contribution in [0, 0.1) is 0 Å². The van der Waals surface area contributed by atoms with Gasteiger partial charge < -0.3 is 14.1 Å². The molecular weight excluding hydrogens is 482 g/mol. The molecule has 182 valence electrons. The highest BCUT2D eigenvalue weighted by atomic mass is 32.2. The molecule has 9 nitrogen and oxygen atoms in total. The lowest BCUT2D eigenvalue weighted by Gasteiger charge is -2.16. The van der Waals surface area contributed by atoms with Crippen molar-refractivity contribution in [2.75, 3.05) is 18.1 Å². The van der Waals surface area contributed by atoms with Gasteiger partial charge >= 0.3 is 5.69 Å². The third-order valence-corrected chi connectivity index (χ3v) is 6.24. The number of ether oxygens (including phenoxy) is 1. The zero-order valence-corrected chi connectivity index (χ0v) is 20.1. The van der Waals surface area contributed by atoms with Gasteiger partial charge in [-0.25, -0.2) is 17.8 Å². The molecule has 2 aromatic heterocycles. The van der Waals surface area contributed by atoms with E-state index in [-0.39, 0.29) is 0 Å². The lowest BCUT2D eigenvalue weighted by molar-refractivity contribution is 0.416. The Labute approximate surface area is 205 Å². The fourth-order valence-electron chi connectivity index (χ4n) is 4.15. The Kier molecular flexibility index (Phi) is 5.73. The second kappa shape index (κ2) is 8.90. The minimum Gasteiger partial charge on any atom is -0.495 e. The number of anilines is 1. The molecule has 5 aromatic rings. The number of H-pyrrole nitrogens is 1. The largest absolute Gasteiger partial charge is 0.495 e. The van der Waals surface area contributed by atoms with Gasteiger partial charge in [-0.3, -0.25) is 9.52 Å². The number of methoxy groups -OCH3 is 1. The molecular formula is C26H21N3O6S. The van der Waals surface area contributed by atoms with E-state index in [1.807, 2.05) is 24.3 Å². The number of aromatic nitrogens is 2. The smallest absolute Gasteiger partial charge is 0.332 e. The summed E-state index contributed by atoms with van der Waals surface area (Å²) in [6.45, 7) is 0. The second-order valence-corrected chi connectivity index (χ2v) is 9.91. The maximum absolute atomic E-state index is 12.6. The summed E-state index contributed by atoms with van der Waals surface area (Å²) in [4.78, 5) is 27.7. The van der Waals surface area contributed by atoms with Crippen molar-refractivity contribution in [3.05, 3.63) is 100 Å². The maximum atomic E-state index is 12.6. The van der Waals surface area contributed by atoms with Crippen LogP contribution in [0.1, 0.15) is 0 Å². The molecule has 0 fully saturated rings. The van der Waals surface area contributed by atoms with E-state index in [4.69, 9.17) is 9.15 Å². The summed E-state index contributed by atoms with van der Waals surface area (Å²) >= 11 is 0. The Balaban J connectivity index is 1.74. The number of sulfonamides is 1. The third-order valence-electron chi connectivity index (χ3n) is 5.63. The molecule has 2 N–H and O–H groups in total. The molecule has 0 radical (unpaired) electrons. The summed E-state index contributed by atoms with van der Waals surface area (Å²) in [5, 5.41) is 1.68. The van der Waals surface area contributed by atoms with Crippen molar-refractivity contribution in [1.29, 1.82) is 0 Å². The highest BCUT2D eigenvalue weighted by Gasteiger charge is 2.19. The Bertz CT molecular complexity index is 1790. The molecule has 3 aromatic carbocycles. The van der Waals surface area contributed by atoms with E-state index in [0.29, 0.717) is 34.0 Å². The first-order valence-electron chi connectivity index (χ1n) is 10.8. The molecule has 0 amide bonds. The maximum Gasteiger partial charge on any atom is 0.332 e. The Morgan fingerprint density at radius 1 is 0.944 bits per heavy atom. The fourth-order valence-corrected chi connectivity index (χ4v) is 4.71. The lowest BCUT2D eigenvalue weighted by atomic mass is 9.96. The molecule has 0 saturated heterocycles. The number of aromatic amines is 1. The number of fused-ring (bicyclic) bond motifs is 1. The topological polar surface area (TPSA) is 123 Å². The second-order valence-electron chi connectivity index (χ2n) is 8.16. The number of hydrogen-bond acceptors (Lipinski definition) is 6. The molecule has 0 aliphatic heterocycles. The number of nitrogens with one attached hydrogen (secondary N) is 2. The number of rotatable bonds is 6. The zero-order valence-electron chi connectivity index (χ0n) is 19.3. The van der Waals surface area contributed by atoms with Gasteiger partial charge in [-0.15, -0.1) is 0 Å². The summed E-state index contributed by atoms with van der Waals surface area (Å²) in [6.07, 6.45) is 3.93. The summed E-state index contributed by atoms with van der Waals surface area (Å²) in [6, 6.07) is 19.0. The van der Waals surface area contributed by atoms with E-state index < -0.39 is 21.3 Å². The van der Waals surface area contributed by atoms with Crippen LogP contribution < -0.4 is 20.7 Å². The number of benzene rings is 3. The van der Waals surface area contributed by atoms with E-state index in [1.165, 1.54) is 25.6 Å². The van der Waals surface area contributed by atoms with Crippen LogP contribution in [-0.2, 0) is 10.0 Å². The molecule has 0 unspecified atom stereocenters. The van der Waals surface area contributed by atoms with Crippen molar-refractivity contribution in [1.82, 2.24) is 9.55 Å². The number of nitrogens with zero attached hydrogens (tertiary/aromatic N) is 1. The van der Waals surface area contributed by atoms with Crippen LogP contribution >= 0.6 is 0 Å². The molecule has 10 heteroatoms. The molecule has 0 saturated carbocycles. The molecule has 5 rings (SSSR count). The van der Waals surface area contributed by atoms with E-state index in [2.05, 4.69) is 9.71 Å². The first-order valence-corrected chi connectivity index (χ1v) is 12.7. The Hall–Kier alpha value is -4.57. The lowest BCUT2D eigenvalue weighted by Crippen LogP contribution is -2.32. The van der Waals surface area contributed by atoms with Crippen LogP contribution in [0.3, 0.4) is 0 Å². The van der Waals surface area contributed by atoms with Gasteiger partial charge in [0.25, 0.3) is 5.56 Å². The Morgan fingerprint density at radius 3 is 2.39 bits per heavy atom. The van der Waals surface area contributed by atoms with E-state index in [1.54, 1.807) is 36.4 Å². The quantitative estimate of drug-likeness (QED) is 0.361. The van der Waals surface area contributed by atoms with E-state index >= 15 is 0 Å². The molecule has 0 atom stereocenters. The van der Waals surface area contributed by atoms with Gasteiger partial charge in [-0.05, 0) is 58.8 Å². The Morgan fingerprint density at radius 2 is 1.69 bits per heavy atom. The van der Waals surface area contributed by atoms with Crippen LogP contribution in [0.4, 0.5) is 5.69 Å². The SMILES string of the molecule is COc1c(-c2ccc3cc(NS(C)(=O)=O)ccc3c2)cc(-n2c(=O)cc[nH]c2=O)cc1-c1ccco1. The van der Waals surface area contributed by atoms with Crippen LogP contribution in [0.2, 0.25) is 0 Å². The van der Waals surface area contributed by atoms with Crippen molar-refractivity contribution in [2.24, 2.45) is 0 Å². The van der Waals surface area contributed by atoms with Crippen molar-refractivity contribution in [3.63, 3.8) is 0 Å². The van der Waals surface area contributed by atoms with Gasteiger partial charge in [-0.2, -0.15) is 0 Å². The minimum absolute atomic E-state index is 0.344. The van der Waals surface area contributed by atoms with Gasteiger partial charge in [0.1, 0.15) is 11.5 Å². The van der Waals surface area contributed by atoms with Crippen LogP contribution in [0.25, 0.3) is 38.9 Å². The summed E-state index contributed by atoms with van der Waals surface area (Å²) in [5.41, 5.74) is 1.71. The van der Waals surface area contributed by atoms with Crippen LogP contribution in [-0.4, -0.2) is 31.3 Å². The first kappa shape index (κ1) is 23.2. The highest BCUT2D eigenvalue weighted by Crippen LogP contribution is 2.41. The molecule has 36 heavy (non-hydrogen) atoms. The average Bonchev–Trinajstić information content (AvgIpc) is 3.37. The summed E-state index contributed by atoms with van der Waals surface area (Å²) in [7, 11) is -1.86. The van der Waals surface area contributed by atoms with Gasteiger partial charge in [0.2, 0.25) is 10.0 Å². The minimum atomic E-state index is -3.40. The average molecular weight is 504 g/mol. The standard InChI is InChI=1S/C26H21N3O6S/c1-34-25-21(18-6-5-17-13-19(28-36(2,32)33)8-7-16(17)12-18)14-20(15-22(25)23-4-3-11-35-23)29-24(30)9-10-27-26(29)31/h3-15,28H,1-2H3,(H,27,31). The molecule has 0 bridgehead atoms. The van der Waals surface area contributed by atoms with Crippen LogP contribution in [0.5, 0.6) is 5.75 Å². The molecule has 0 spiro atoms. The normalized spacial score (nSPS) is 11.5. The van der Waals surface area contributed by atoms with Crippen molar-refractivity contribution >= 4 is 26.5 Å². The predicted molar refractivity (Wildman–Crippen MR) is 138 cm³/mol. The van der Waals surface area contributed by atoms with Crippen LogP contribution in [0.15, 0.2) is 93.2 Å². The number of hydrogen-bond donors (Lipinski definition) is 2. The van der Waals surface area contributed by atoms with Crippen molar-refractivity contribution < 1.29 is 17.6 Å². The zero-order chi connectivity index (χ0) is 25.4. The van der Waals surface area contributed by atoms with Crippen molar-refractivity contribution in [3.8, 4) is 33.9 Å². The van der Waals surface area contributed by atoms with Gasteiger partial charge in [0.05, 0.1) is 30.9 Å².